The van der Waals surface area contributed by atoms with Gasteiger partial charge in [-0.25, -0.2) is 0 Å². The fraction of sp³-hybridized carbons (Fsp3) is 0.333. The SMILES string of the molecule is CCOc1cc(C(=O)NC(=S)Nc2ccc([N+](=O)[O-])cc2OC)cc(OCC)c1OCC. The summed E-state index contributed by atoms with van der Waals surface area (Å²) in [6, 6.07) is 7.07. The van der Waals surface area contributed by atoms with Crippen LogP contribution in [0.25, 0.3) is 0 Å². The van der Waals surface area contributed by atoms with Crippen LogP contribution in [0.3, 0.4) is 0 Å². The highest BCUT2D eigenvalue weighted by Crippen LogP contribution is 2.39. The Morgan fingerprint density at radius 2 is 1.59 bits per heavy atom. The molecule has 2 rings (SSSR count). The number of benzene rings is 2. The van der Waals surface area contributed by atoms with Crippen LogP contribution in [0.15, 0.2) is 30.3 Å². The maximum absolute atomic E-state index is 12.8. The van der Waals surface area contributed by atoms with Gasteiger partial charge in [0.15, 0.2) is 16.6 Å². The predicted molar refractivity (Wildman–Crippen MR) is 123 cm³/mol. The summed E-state index contributed by atoms with van der Waals surface area (Å²) in [7, 11) is 1.37. The van der Waals surface area contributed by atoms with Crippen LogP contribution in [-0.2, 0) is 0 Å². The fourth-order valence-corrected chi connectivity index (χ4v) is 2.95. The first-order valence-corrected chi connectivity index (χ1v) is 10.3. The summed E-state index contributed by atoms with van der Waals surface area (Å²) in [4.78, 5) is 23.2. The van der Waals surface area contributed by atoms with Crippen LogP contribution in [0.5, 0.6) is 23.0 Å². The van der Waals surface area contributed by atoms with Crippen LogP contribution in [0, 0.1) is 10.1 Å². The number of carbonyl (C=O) groups excluding carboxylic acids is 1. The summed E-state index contributed by atoms with van der Waals surface area (Å²) in [5.74, 6) is 0.870. The highest BCUT2D eigenvalue weighted by Gasteiger charge is 2.19. The molecule has 0 saturated heterocycles. The van der Waals surface area contributed by atoms with Crippen LogP contribution in [0.4, 0.5) is 11.4 Å². The van der Waals surface area contributed by atoms with Crippen molar-refractivity contribution < 1.29 is 28.7 Å². The van der Waals surface area contributed by atoms with Gasteiger partial charge in [-0.3, -0.25) is 20.2 Å². The molecule has 0 aliphatic carbocycles. The van der Waals surface area contributed by atoms with Crippen molar-refractivity contribution >= 4 is 34.6 Å². The number of nitro groups is 1. The number of hydrogen-bond donors (Lipinski definition) is 2. The van der Waals surface area contributed by atoms with Gasteiger partial charge in [-0.15, -0.1) is 0 Å². The Morgan fingerprint density at radius 3 is 2.09 bits per heavy atom. The standard InChI is InChI=1S/C21H25N3O7S/c1-5-29-17-10-13(11-18(30-6-2)19(17)31-7-3)20(25)23-21(32)22-15-9-8-14(24(26)27)12-16(15)28-4/h8-12H,5-7H2,1-4H3,(H2,22,23,25,32). The Bertz CT molecular complexity index is 970. The molecule has 0 aromatic heterocycles. The number of ether oxygens (including phenoxy) is 4. The van der Waals surface area contributed by atoms with Crippen molar-refractivity contribution in [3.8, 4) is 23.0 Å². The molecule has 0 radical (unpaired) electrons. The second-order valence-electron chi connectivity index (χ2n) is 6.15. The van der Waals surface area contributed by atoms with Crippen molar-refractivity contribution in [2.45, 2.75) is 20.8 Å². The third kappa shape index (κ3) is 6.20. The lowest BCUT2D eigenvalue weighted by Gasteiger charge is -2.17. The lowest BCUT2D eigenvalue weighted by atomic mass is 10.1. The topological polar surface area (TPSA) is 121 Å². The van der Waals surface area contributed by atoms with E-state index in [1.54, 1.807) is 12.1 Å². The number of thiocarbonyl (C=S) groups is 1. The monoisotopic (exact) mass is 463 g/mol. The summed E-state index contributed by atoms with van der Waals surface area (Å²) in [6.07, 6.45) is 0. The average molecular weight is 464 g/mol. The molecule has 0 aliphatic rings. The minimum absolute atomic E-state index is 0.0213. The molecule has 2 aromatic carbocycles. The Morgan fingerprint density at radius 1 is 1.00 bits per heavy atom. The van der Waals surface area contributed by atoms with Crippen molar-refractivity contribution in [3.63, 3.8) is 0 Å². The van der Waals surface area contributed by atoms with E-state index in [4.69, 9.17) is 31.2 Å². The quantitative estimate of drug-likeness (QED) is 0.307. The Balaban J connectivity index is 2.24. The zero-order valence-corrected chi connectivity index (χ0v) is 19.0. The van der Waals surface area contributed by atoms with Crippen molar-refractivity contribution in [1.82, 2.24) is 5.32 Å². The van der Waals surface area contributed by atoms with Gasteiger partial charge in [0.1, 0.15) is 5.75 Å². The van der Waals surface area contributed by atoms with Crippen molar-refractivity contribution in [3.05, 3.63) is 46.0 Å². The first kappa shape index (κ1) is 24.7. The average Bonchev–Trinajstić information content (AvgIpc) is 2.76. The molecule has 1 amide bonds. The fourth-order valence-electron chi connectivity index (χ4n) is 2.75. The zero-order valence-electron chi connectivity index (χ0n) is 18.2. The molecule has 0 aliphatic heterocycles. The maximum atomic E-state index is 12.8. The Kier molecular flexibility index (Phi) is 9.02. The minimum atomic E-state index is -0.537. The van der Waals surface area contributed by atoms with Crippen molar-refractivity contribution in [1.29, 1.82) is 0 Å². The number of anilines is 1. The summed E-state index contributed by atoms with van der Waals surface area (Å²) in [5.41, 5.74) is 0.476. The number of rotatable bonds is 10. The smallest absolute Gasteiger partial charge is 0.273 e. The molecule has 0 atom stereocenters. The molecular formula is C21H25N3O7S. The van der Waals surface area contributed by atoms with E-state index >= 15 is 0 Å². The molecule has 0 fully saturated rings. The van der Waals surface area contributed by atoms with Crippen LogP contribution in [0.1, 0.15) is 31.1 Å². The number of nitrogens with one attached hydrogen (secondary N) is 2. The van der Waals surface area contributed by atoms with Gasteiger partial charge >= 0.3 is 0 Å². The van der Waals surface area contributed by atoms with Gasteiger partial charge < -0.3 is 24.3 Å². The largest absolute Gasteiger partial charge is 0.494 e. The summed E-state index contributed by atoms with van der Waals surface area (Å²) in [6.45, 7) is 6.62. The van der Waals surface area contributed by atoms with Gasteiger partial charge in [0.2, 0.25) is 5.75 Å². The van der Waals surface area contributed by atoms with Gasteiger partial charge in [-0.1, -0.05) is 0 Å². The number of non-ortho nitro benzene ring substituents is 1. The van der Waals surface area contributed by atoms with Crippen molar-refractivity contribution in [2.75, 3.05) is 32.2 Å². The third-order valence-corrected chi connectivity index (χ3v) is 4.25. The predicted octanol–water partition coefficient (Wildman–Crippen LogP) is 3.93. The Hall–Kier alpha value is -3.60. The number of nitrogens with zero attached hydrogens (tertiary/aromatic N) is 1. The summed E-state index contributed by atoms with van der Waals surface area (Å²) < 4.78 is 22.0. The number of carbonyl (C=O) groups is 1. The minimum Gasteiger partial charge on any atom is -0.494 e. The van der Waals surface area contributed by atoms with E-state index in [9.17, 15) is 14.9 Å². The molecule has 0 unspecified atom stereocenters. The third-order valence-electron chi connectivity index (χ3n) is 4.04. The molecule has 0 spiro atoms. The van der Waals surface area contributed by atoms with E-state index in [1.807, 2.05) is 20.8 Å². The second-order valence-corrected chi connectivity index (χ2v) is 6.56. The number of hydrogen-bond acceptors (Lipinski definition) is 8. The first-order chi connectivity index (χ1) is 15.3. The lowest BCUT2D eigenvalue weighted by molar-refractivity contribution is -0.384. The van der Waals surface area contributed by atoms with Crippen LogP contribution in [-0.4, -0.2) is 42.9 Å². The molecule has 2 aromatic rings. The molecule has 11 heteroatoms. The molecule has 2 N–H and O–H groups in total. The number of amides is 1. The Labute approximate surface area is 191 Å². The number of nitro benzene ring substituents is 1. The van der Waals surface area contributed by atoms with E-state index in [0.29, 0.717) is 42.8 Å². The van der Waals surface area contributed by atoms with Crippen LogP contribution in [0.2, 0.25) is 0 Å². The molecule has 0 bridgehead atoms. The molecule has 10 nitrogen and oxygen atoms in total. The van der Waals surface area contributed by atoms with E-state index < -0.39 is 10.8 Å². The van der Waals surface area contributed by atoms with Gasteiger partial charge in [-0.2, -0.15) is 0 Å². The number of methoxy groups -OCH3 is 1. The van der Waals surface area contributed by atoms with Crippen LogP contribution >= 0.6 is 12.2 Å². The van der Waals surface area contributed by atoms with Crippen molar-refractivity contribution in [2.24, 2.45) is 0 Å². The molecule has 172 valence electrons. The van der Waals surface area contributed by atoms with E-state index in [0.717, 1.165) is 0 Å². The normalized spacial score (nSPS) is 10.1. The van der Waals surface area contributed by atoms with Gasteiger partial charge in [0.25, 0.3) is 11.6 Å². The molecular weight excluding hydrogens is 438 g/mol. The molecule has 32 heavy (non-hydrogen) atoms. The highest BCUT2D eigenvalue weighted by molar-refractivity contribution is 7.80. The van der Waals surface area contributed by atoms with Gasteiger partial charge in [-0.05, 0) is 51.2 Å². The maximum Gasteiger partial charge on any atom is 0.273 e. The molecule has 0 saturated carbocycles. The summed E-state index contributed by atoms with van der Waals surface area (Å²) in [5, 5.41) is 16.3. The second kappa shape index (κ2) is 11.7. The van der Waals surface area contributed by atoms with Crippen LogP contribution < -0.4 is 29.6 Å². The van der Waals surface area contributed by atoms with Gasteiger partial charge in [0, 0.05) is 11.6 Å². The zero-order chi connectivity index (χ0) is 23.7. The van der Waals surface area contributed by atoms with E-state index in [2.05, 4.69) is 10.6 Å². The highest BCUT2D eigenvalue weighted by atomic mass is 32.1. The summed E-state index contributed by atoms with van der Waals surface area (Å²) >= 11 is 5.22. The van der Waals surface area contributed by atoms with E-state index in [-0.39, 0.29) is 22.1 Å². The lowest BCUT2D eigenvalue weighted by Crippen LogP contribution is -2.34. The first-order valence-electron chi connectivity index (χ1n) is 9.85. The van der Waals surface area contributed by atoms with E-state index in [1.165, 1.54) is 25.3 Å². The molecule has 0 heterocycles. The van der Waals surface area contributed by atoms with Gasteiger partial charge in [0.05, 0.1) is 43.6 Å².